The molecule has 0 aromatic carbocycles. The fraction of sp³-hybridized carbons (Fsp3) is 0.647. The Kier molecular flexibility index (Phi) is 11.5. The first kappa shape index (κ1) is 26.0. The van der Waals surface area contributed by atoms with Crippen molar-refractivity contribution in [1.29, 1.82) is 5.26 Å². The first-order valence-corrected chi connectivity index (χ1v) is 10.5. The number of rotatable bonds is 9. The van der Waals surface area contributed by atoms with E-state index in [4.69, 9.17) is 28.3 Å². The summed E-state index contributed by atoms with van der Waals surface area (Å²) >= 11 is 0. The summed E-state index contributed by atoms with van der Waals surface area (Å²) in [5.41, 5.74) is -0.674. The van der Waals surface area contributed by atoms with Gasteiger partial charge in [0.1, 0.15) is 18.4 Å². The summed E-state index contributed by atoms with van der Waals surface area (Å²) in [6, 6.07) is 0. The van der Waals surface area contributed by atoms with Crippen molar-refractivity contribution in [2.75, 3.05) is 19.8 Å². The number of aryl methyl sites for hydroxylation is 1. The maximum Gasteiger partial charge on any atom is 0.332 e. The van der Waals surface area contributed by atoms with Crippen LogP contribution in [-0.4, -0.2) is 55.4 Å². The molecule has 13 heteroatoms. The van der Waals surface area contributed by atoms with E-state index in [2.05, 4.69) is 4.98 Å². The number of hydrogen-bond donors (Lipinski definition) is 1. The van der Waals surface area contributed by atoms with E-state index in [0.717, 1.165) is 0 Å². The van der Waals surface area contributed by atoms with Gasteiger partial charge in [-0.05, 0) is 26.7 Å². The van der Waals surface area contributed by atoms with Gasteiger partial charge in [0.15, 0.2) is 0 Å². The van der Waals surface area contributed by atoms with Crippen molar-refractivity contribution in [3.05, 3.63) is 32.6 Å². The van der Waals surface area contributed by atoms with Crippen LogP contribution in [0.2, 0.25) is 0 Å². The highest BCUT2D eigenvalue weighted by molar-refractivity contribution is 7.41. The van der Waals surface area contributed by atoms with Crippen LogP contribution in [0.1, 0.15) is 39.0 Å². The van der Waals surface area contributed by atoms with Crippen molar-refractivity contribution < 1.29 is 27.8 Å². The topological polar surface area (TPSA) is 142 Å². The van der Waals surface area contributed by atoms with Crippen LogP contribution in [0.25, 0.3) is 0 Å². The second-order valence-electron chi connectivity index (χ2n) is 6.07. The van der Waals surface area contributed by atoms with Gasteiger partial charge in [0, 0.05) is 25.1 Å². The number of esters is 1. The third kappa shape index (κ3) is 8.01. The monoisotopic (exact) mass is 443 g/mol. The van der Waals surface area contributed by atoms with Crippen molar-refractivity contribution in [3.63, 3.8) is 0 Å². The lowest BCUT2D eigenvalue weighted by atomic mass is 10.2. The van der Waals surface area contributed by atoms with E-state index in [9.17, 15) is 14.4 Å². The molecule has 1 fully saturated rings. The maximum absolute atomic E-state index is 12.1. The summed E-state index contributed by atoms with van der Waals surface area (Å²) in [4.78, 5) is 37.3. The molecule has 2 heterocycles. The van der Waals surface area contributed by atoms with Crippen LogP contribution in [-0.2, 0) is 27.8 Å². The Labute approximate surface area is 176 Å². The average molecular weight is 443 g/mol. The van der Waals surface area contributed by atoms with Gasteiger partial charge in [-0.3, -0.25) is 19.1 Å². The van der Waals surface area contributed by atoms with Gasteiger partial charge < -0.3 is 23.0 Å². The molecular weight excluding hydrogens is 416 g/mol. The summed E-state index contributed by atoms with van der Waals surface area (Å²) in [7, 11) is -0.107. The van der Waals surface area contributed by atoms with Crippen LogP contribution >= 0.6 is 8.60 Å². The minimum atomic E-state index is -1.54. The molecule has 0 spiro atoms. The number of carbonyl (C=O) groups is 1. The van der Waals surface area contributed by atoms with Gasteiger partial charge in [-0.15, -0.1) is 0 Å². The molecule has 11 nitrogen and oxygen atoms in total. The van der Waals surface area contributed by atoms with Gasteiger partial charge in [-0.25, -0.2) is 10.1 Å². The molecule has 0 amide bonds. The lowest BCUT2D eigenvalue weighted by Crippen LogP contribution is -2.33. The number of nitriles is 1. The minimum absolute atomic E-state index is 0.0667. The summed E-state index contributed by atoms with van der Waals surface area (Å²) < 4.78 is 28.9. The van der Waals surface area contributed by atoms with Gasteiger partial charge in [0.05, 0.1) is 19.8 Å². The summed E-state index contributed by atoms with van der Waals surface area (Å²) in [6.07, 6.45) is -0.236. The molecule has 3 atom stereocenters. The molecule has 1 aromatic heterocycles. The van der Waals surface area contributed by atoms with E-state index in [-0.39, 0.29) is 13.0 Å². The summed E-state index contributed by atoms with van der Waals surface area (Å²) in [5.74, 6) is 1.29. The average Bonchev–Trinajstić information content (AvgIpc) is 3.05. The van der Waals surface area contributed by atoms with Crippen LogP contribution < -0.4 is 11.2 Å². The molecule has 166 valence electrons. The van der Waals surface area contributed by atoms with E-state index < -0.39 is 44.3 Å². The van der Waals surface area contributed by atoms with Crippen molar-refractivity contribution >= 4 is 22.4 Å². The highest BCUT2D eigenvalue weighted by Gasteiger charge is 2.39. The van der Waals surface area contributed by atoms with E-state index >= 15 is 0 Å². The quantitative estimate of drug-likeness (QED) is 0.328. The summed E-state index contributed by atoms with van der Waals surface area (Å²) in [6.45, 7) is 7.47. The highest BCUT2D eigenvalue weighted by Crippen LogP contribution is 2.41. The Morgan fingerprint density at radius 2 is 1.97 bits per heavy atom. The van der Waals surface area contributed by atoms with Gasteiger partial charge >= 0.3 is 20.3 Å². The lowest BCUT2D eigenvalue weighted by Gasteiger charge is -2.21. The van der Waals surface area contributed by atoms with Crippen LogP contribution in [0.5, 0.6) is 0 Å². The van der Waals surface area contributed by atoms with Crippen LogP contribution in [0.4, 0.5) is 0 Å². The summed E-state index contributed by atoms with van der Waals surface area (Å²) in [5, 5.41) is 7.32. The molecule has 0 bridgehead atoms. The van der Waals surface area contributed by atoms with E-state index in [1.165, 1.54) is 25.5 Å². The zero-order valence-electron chi connectivity index (χ0n) is 17.7. The normalized spacial score (nSPS) is 20.3. The van der Waals surface area contributed by atoms with E-state index in [1.807, 2.05) is 13.8 Å². The van der Waals surface area contributed by atoms with Crippen LogP contribution in [0, 0.1) is 18.2 Å². The van der Waals surface area contributed by atoms with Crippen molar-refractivity contribution in [3.8, 4) is 5.97 Å². The number of H-pyrrole nitrogens is 1. The molecule has 30 heavy (non-hydrogen) atoms. The first-order valence-electron chi connectivity index (χ1n) is 9.41. The second kappa shape index (κ2) is 13.3. The Bertz CT molecular complexity index is 834. The van der Waals surface area contributed by atoms with Crippen LogP contribution in [0.15, 0.2) is 15.8 Å². The van der Waals surface area contributed by atoms with E-state index in [0.29, 0.717) is 18.8 Å². The van der Waals surface area contributed by atoms with E-state index in [1.54, 1.807) is 12.9 Å². The fourth-order valence-electron chi connectivity index (χ4n) is 2.62. The third-order valence-corrected chi connectivity index (χ3v) is 5.07. The van der Waals surface area contributed by atoms with Crippen molar-refractivity contribution in [1.82, 2.24) is 9.55 Å². The molecule has 1 aliphatic heterocycles. The van der Waals surface area contributed by atoms with Gasteiger partial charge in [0.2, 0.25) is 7.85 Å². The standard InChI is InChI=1S/C16H25N2O8P.CH2BN/c1-5-22-27(23-6-2)24-9-13-12(25-11(4)19)7-14(26-13)18-8-10(3)15(20)17-16(18)21;2-1-3/h8,12-14H,5-7,9H2,1-4H3,(H,17,20,21);2H2/t12-,13+,14+;/m0./s1. The number of nitrogens with one attached hydrogen (secondary N) is 1. The minimum Gasteiger partial charge on any atom is -0.460 e. The predicted molar refractivity (Wildman–Crippen MR) is 110 cm³/mol. The zero-order valence-corrected chi connectivity index (χ0v) is 18.6. The Morgan fingerprint density at radius 3 is 2.50 bits per heavy atom. The number of aromatic nitrogens is 2. The number of aromatic amines is 1. The molecular formula is C17H27BN3O8P. The van der Waals surface area contributed by atoms with Gasteiger partial charge in [-0.1, -0.05) is 0 Å². The number of hydrogen-bond acceptors (Lipinski definition) is 9. The van der Waals surface area contributed by atoms with Crippen molar-refractivity contribution in [2.24, 2.45) is 0 Å². The third-order valence-electron chi connectivity index (χ3n) is 3.77. The smallest absolute Gasteiger partial charge is 0.332 e. The predicted octanol–water partition coefficient (Wildman–Crippen LogP) is 0.481. The Morgan fingerprint density at radius 1 is 1.37 bits per heavy atom. The van der Waals surface area contributed by atoms with Gasteiger partial charge in [0.25, 0.3) is 5.56 Å². The zero-order chi connectivity index (χ0) is 22.7. The number of carbonyl (C=O) groups excluding carboxylic acids is 1. The Hall–Kier alpha value is -2.03. The molecule has 0 aliphatic carbocycles. The van der Waals surface area contributed by atoms with Crippen molar-refractivity contribution in [2.45, 2.75) is 52.6 Å². The number of ether oxygens (including phenoxy) is 2. The SMILES string of the molecule is BC#N.CCOP(OCC)OC[C@H]1O[C@@H](n2cc(C)c(=O)[nH]c2=O)C[C@@H]1OC(C)=O. The second-order valence-corrected chi connectivity index (χ2v) is 7.29. The molecule has 1 aromatic rings. The molecule has 0 saturated carbocycles. The number of nitrogens with zero attached hydrogens (tertiary/aromatic N) is 2. The first-order chi connectivity index (χ1) is 14.3. The Balaban J connectivity index is 0.00000141. The maximum atomic E-state index is 12.1. The molecule has 0 unspecified atom stereocenters. The lowest BCUT2D eigenvalue weighted by molar-refractivity contribution is -0.150. The largest absolute Gasteiger partial charge is 0.460 e. The molecule has 1 saturated heterocycles. The van der Waals surface area contributed by atoms with Gasteiger partial charge in [-0.2, -0.15) is 0 Å². The molecule has 1 aliphatic rings. The molecule has 1 N–H and O–H groups in total. The molecule has 0 radical (unpaired) electrons. The molecule has 2 rings (SSSR count). The highest BCUT2D eigenvalue weighted by atomic mass is 31.2. The van der Waals surface area contributed by atoms with Crippen LogP contribution in [0.3, 0.4) is 0 Å². The fourth-order valence-corrected chi connectivity index (χ4v) is 3.53.